The van der Waals surface area contributed by atoms with Gasteiger partial charge in [-0.15, -0.1) is 4.48 Å². The van der Waals surface area contributed by atoms with Gasteiger partial charge in [-0.2, -0.15) is 5.96 Å². The Bertz CT molecular complexity index is 9.61. The molecule has 3 heteroatoms. The summed E-state index contributed by atoms with van der Waals surface area (Å²) in [6, 6.07) is 0. The topological polar surface area (TPSA) is 46.2 Å². The van der Waals surface area contributed by atoms with Crippen LogP contribution in [-0.2, 0) is 0 Å². The summed E-state index contributed by atoms with van der Waals surface area (Å²) in [6.07, 6.45) is 0. The Kier molecular flexibility index (Phi) is 76.6. The highest BCUT2D eigenvalue weighted by Gasteiger charge is 1.34. The minimum atomic E-state index is 0.250. The monoisotopic (exact) mass is 81.1 g/mol. The van der Waals surface area contributed by atoms with Gasteiger partial charge < -0.3 is 5.11 Å². The average Bonchev–Trinajstić information content (AvgIpc) is 1.46. The van der Waals surface area contributed by atoms with Crippen LogP contribution in [0.2, 0.25) is 0 Å². The lowest BCUT2D eigenvalue weighted by molar-refractivity contribution is 0.318. The Labute approximate surface area is 30.3 Å². The number of halogens is 1. The molecule has 5 heavy (non-hydrogen) atoms. The Balaban J connectivity index is 0. The first-order valence-electron chi connectivity index (χ1n) is 1.24. The molecular weight excluding hydrogens is 73.0 g/mol. The van der Waals surface area contributed by atoms with Crippen LogP contribution in [0.25, 0.3) is 0 Å². The molecule has 0 saturated heterocycles. The van der Waals surface area contributed by atoms with Crippen molar-refractivity contribution in [1.29, 1.82) is 0 Å². The van der Waals surface area contributed by atoms with Crippen LogP contribution in [0.5, 0.6) is 0 Å². The van der Waals surface area contributed by atoms with Gasteiger partial charge in [-0.05, 0) is 6.92 Å². The molecular formula is C2H8FNO. The molecule has 3 N–H and O–H groups in total. The van der Waals surface area contributed by atoms with Crippen molar-refractivity contribution in [3.8, 4) is 0 Å². The summed E-state index contributed by atoms with van der Waals surface area (Å²) in [7, 11) is 0. The number of rotatable bonds is 0. The standard InChI is InChI=1S/C2H6O.FH2N/c1-2-3;1-2/h3H,2H2,1H3;2H2. The predicted molar refractivity (Wildman–Crippen MR) is 18.1 cm³/mol. The smallest absolute Gasteiger partial charge is 0.0402 e. The van der Waals surface area contributed by atoms with Crippen LogP contribution in [0.15, 0.2) is 0 Å². The van der Waals surface area contributed by atoms with Gasteiger partial charge in [0.05, 0.1) is 0 Å². The Morgan fingerprint density at radius 2 is 1.80 bits per heavy atom. The van der Waals surface area contributed by atoms with Crippen molar-refractivity contribution in [2.24, 2.45) is 5.96 Å². The summed E-state index contributed by atoms with van der Waals surface area (Å²) >= 11 is 0. The summed E-state index contributed by atoms with van der Waals surface area (Å²) < 4.78 is 9.00. The van der Waals surface area contributed by atoms with Gasteiger partial charge in [0.25, 0.3) is 0 Å². The maximum absolute atomic E-state index is 9.00. The lowest BCUT2D eigenvalue weighted by atomic mass is 10.9. The zero-order chi connectivity index (χ0) is 4.71. The highest BCUT2D eigenvalue weighted by atomic mass is 19.2. The van der Waals surface area contributed by atoms with Gasteiger partial charge >= 0.3 is 0 Å². The predicted octanol–water partition coefficient (Wildman–Crippen LogP) is -0.172. The lowest BCUT2D eigenvalue weighted by Gasteiger charge is -1.52. The maximum atomic E-state index is 9.00. The van der Waals surface area contributed by atoms with E-state index in [1.165, 1.54) is 0 Å². The molecule has 0 fully saturated rings. The van der Waals surface area contributed by atoms with Crippen molar-refractivity contribution in [2.45, 2.75) is 6.92 Å². The Morgan fingerprint density at radius 1 is 1.80 bits per heavy atom. The van der Waals surface area contributed by atoms with Crippen molar-refractivity contribution >= 4 is 0 Å². The minimum absolute atomic E-state index is 0.250. The largest absolute Gasteiger partial charge is 0.397 e. The van der Waals surface area contributed by atoms with E-state index >= 15 is 0 Å². The zero-order valence-corrected chi connectivity index (χ0v) is 3.11. The Hall–Kier alpha value is -0.150. The van der Waals surface area contributed by atoms with Crippen molar-refractivity contribution in [1.82, 2.24) is 0 Å². The van der Waals surface area contributed by atoms with Crippen LogP contribution in [0.4, 0.5) is 4.48 Å². The van der Waals surface area contributed by atoms with E-state index in [2.05, 4.69) is 5.96 Å². The van der Waals surface area contributed by atoms with Gasteiger partial charge in [-0.25, -0.2) is 0 Å². The van der Waals surface area contributed by atoms with Crippen molar-refractivity contribution in [3.63, 3.8) is 0 Å². The first-order chi connectivity index (χ1) is 2.41. The van der Waals surface area contributed by atoms with Crippen LogP contribution in [0.3, 0.4) is 0 Å². The molecule has 0 aliphatic rings. The minimum Gasteiger partial charge on any atom is -0.397 e. The van der Waals surface area contributed by atoms with E-state index in [0.717, 1.165) is 0 Å². The van der Waals surface area contributed by atoms with Crippen LogP contribution >= 0.6 is 0 Å². The van der Waals surface area contributed by atoms with Gasteiger partial charge in [0, 0.05) is 6.61 Å². The molecule has 0 atom stereocenters. The maximum Gasteiger partial charge on any atom is 0.0402 e. The number of hydrogen-bond donors (Lipinski definition) is 2. The lowest BCUT2D eigenvalue weighted by Crippen LogP contribution is -1.57. The van der Waals surface area contributed by atoms with Gasteiger partial charge in [-0.3, -0.25) is 0 Å². The first kappa shape index (κ1) is 8.85. The molecule has 0 heterocycles. The number of nitrogens with two attached hydrogens (primary N) is 1. The second-order valence-corrected chi connectivity index (χ2v) is 0.316. The molecule has 0 aromatic carbocycles. The molecule has 0 rings (SSSR count). The van der Waals surface area contributed by atoms with Crippen LogP contribution in [-0.4, -0.2) is 11.7 Å². The summed E-state index contributed by atoms with van der Waals surface area (Å²) in [5.41, 5.74) is 0. The third-order valence-corrected chi connectivity index (χ3v) is 0. The number of aliphatic hydroxyl groups is 1. The quantitative estimate of drug-likeness (QED) is 0.397. The highest BCUT2D eigenvalue weighted by Crippen LogP contribution is 1.30. The highest BCUT2D eigenvalue weighted by molar-refractivity contribution is 3.84. The van der Waals surface area contributed by atoms with Crippen molar-refractivity contribution in [3.05, 3.63) is 0 Å². The van der Waals surface area contributed by atoms with E-state index in [1.54, 1.807) is 6.92 Å². The number of hydrogen-bond acceptors (Lipinski definition) is 2. The van der Waals surface area contributed by atoms with E-state index < -0.39 is 0 Å². The SMILES string of the molecule is CCO.NF. The molecule has 0 bridgehead atoms. The summed E-state index contributed by atoms with van der Waals surface area (Å²) in [5, 5.41) is 7.57. The van der Waals surface area contributed by atoms with Crippen LogP contribution in [0, 0.1) is 0 Å². The molecule has 0 aliphatic heterocycles. The molecule has 34 valence electrons. The molecule has 0 aromatic rings. The molecule has 0 spiro atoms. The molecule has 0 radical (unpaired) electrons. The van der Waals surface area contributed by atoms with E-state index in [4.69, 9.17) is 9.59 Å². The zero-order valence-electron chi connectivity index (χ0n) is 3.11. The summed E-state index contributed by atoms with van der Waals surface area (Å²) in [5.74, 6) is 3.00. The summed E-state index contributed by atoms with van der Waals surface area (Å²) in [6.45, 7) is 1.93. The Morgan fingerprint density at radius 3 is 1.80 bits per heavy atom. The van der Waals surface area contributed by atoms with E-state index in [0.29, 0.717) is 0 Å². The molecule has 0 aromatic heterocycles. The number of aliphatic hydroxyl groups excluding tert-OH is 1. The van der Waals surface area contributed by atoms with Crippen LogP contribution in [0.1, 0.15) is 6.92 Å². The van der Waals surface area contributed by atoms with E-state index in [1.807, 2.05) is 0 Å². The summed E-state index contributed by atoms with van der Waals surface area (Å²) in [4.78, 5) is 0. The van der Waals surface area contributed by atoms with Gasteiger partial charge in [0.2, 0.25) is 0 Å². The van der Waals surface area contributed by atoms with Crippen molar-refractivity contribution in [2.75, 3.05) is 6.61 Å². The molecule has 0 amide bonds. The second-order valence-electron chi connectivity index (χ2n) is 0.316. The molecule has 2 nitrogen and oxygen atoms in total. The van der Waals surface area contributed by atoms with Gasteiger partial charge in [-0.1, -0.05) is 0 Å². The third kappa shape index (κ3) is 586. The second kappa shape index (κ2) is 43.3. The molecule has 0 unspecified atom stereocenters. The van der Waals surface area contributed by atoms with E-state index in [9.17, 15) is 0 Å². The van der Waals surface area contributed by atoms with E-state index in [-0.39, 0.29) is 6.61 Å². The first-order valence-corrected chi connectivity index (χ1v) is 1.24. The fraction of sp³-hybridized carbons (Fsp3) is 1.00. The molecule has 0 saturated carbocycles. The fourth-order valence-corrected chi connectivity index (χ4v) is 0. The average molecular weight is 81.1 g/mol. The van der Waals surface area contributed by atoms with Crippen molar-refractivity contribution < 1.29 is 9.59 Å². The van der Waals surface area contributed by atoms with Crippen LogP contribution < -0.4 is 5.96 Å². The fourth-order valence-electron chi connectivity index (χ4n) is 0. The van der Waals surface area contributed by atoms with Gasteiger partial charge in [0.15, 0.2) is 0 Å². The molecule has 0 aliphatic carbocycles. The third-order valence-electron chi connectivity index (χ3n) is 0. The van der Waals surface area contributed by atoms with Gasteiger partial charge in [0.1, 0.15) is 0 Å². The normalized spacial score (nSPS) is 4.80.